The van der Waals surface area contributed by atoms with Crippen LogP contribution in [0.15, 0.2) is 0 Å². The van der Waals surface area contributed by atoms with E-state index in [2.05, 4.69) is 5.32 Å². The fourth-order valence-electron chi connectivity index (χ4n) is 1.71. The highest BCUT2D eigenvalue weighted by Crippen LogP contribution is 2.19. The first-order chi connectivity index (χ1) is 7.37. The molecule has 1 rings (SSSR count). The van der Waals surface area contributed by atoms with Gasteiger partial charge >= 0.3 is 0 Å². The molecule has 0 aromatic heterocycles. The molecule has 0 aromatic carbocycles. The Bertz CT molecular complexity index is 347. The Morgan fingerprint density at radius 2 is 2.00 bits per heavy atom. The van der Waals surface area contributed by atoms with Gasteiger partial charge in [0.15, 0.2) is 9.84 Å². The van der Waals surface area contributed by atoms with Crippen LogP contribution >= 0.6 is 0 Å². The molecule has 1 aliphatic heterocycles. The van der Waals surface area contributed by atoms with Crippen LogP contribution in [0.3, 0.4) is 0 Å². The summed E-state index contributed by atoms with van der Waals surface area (Å²) in [7, 11) is -3.29. The maximum Gasteiger partial charge on any atom is 0.235 e. The molecule has 1 saturated heterocycles. The van der Waals surface area contributed by atoms with E-state index in [1.807, 2.05) is 0 Å². The van der Waals surface area contributed by atoms with E-state index in [1.54, 1.807) is 0 Å². The van der Waals surface area contributed by atoms with Gasteiger partial charge in [0.05, 0.1) is 5.54 Å². The topological polar surface area (TPSA) is 98.5 Å². The Morgan fingerprint density at radius 3 is 2.44 bits per heavy atom. The summed E-state index contributed by atoms with van der Waals surface area (Å²) in [5.74, 6) is -0.981. The molecular formula is C9H18N2O4S. The molecule has 0 radical (unpaired) electrons. The normalized spacial score (nSPS) is 20.4. The zero-order chi connectivity index (χ0) is 12.2. The maximum absolute atomic E-state index is 11.5. The van der Waals surface area contributed by atoms with Crippen LogP contribution in [0, 0.1) is 0 Å². The molecule has 1 amide bonds. The van der Waals surface area contributed by atoms with Gasteiger partial charge in [0.25, 0.3) is 0 Å². The lowest BCUT2D eigenvalue weighted by atomic mass is 9.90. The molecule has 94 valence electrons. The molecule has 1 aliphatic rings. The standard InChI is InChI=1S/C9H18N2O4S/c1-16(13,14)6-8(12)11-9(7-10)2-4-15-5-3-9/h2-7,10H2,1H3,(H,11,12). The minimum absolute atomic E-state index is 0.297. The lowest BCUT2D eigenvalue weighted by Gasteiger charge is -2.36. The highest BCUT2D eigenvalue weighted by Gasteiger charge is 2.33. The lowest BCUT2D eigenvalue weighted by molar-refractivity contribution is -0.121. The van der Waals surface area contributed by atoms with Crippen molar-refractivity contribution < 1.29 is 17.9 Å². The van der Waals surface area contributed by atoms with Gasteiger partial charge in [0.1, 0.15) is 5.75 Å². The molecule has 1 heterocycles. The largest absolute Gasteiger partial charge is 0.381 e. The van der Waals surface area contributed by atoms with Gasteiger partial charge in [-0.3, -0.25) is 4.79 Å². The molecule has 3 N–H and O–H groups in total. The average molecular weight is 250 g/mol. The van der Waals surface area contributed by atoms with E-state index in [-0.39, 0.29) is 0 Å². The molecule has 1 fully saturated rings. The average Bonchev–Trinajstić information content (AvgIpc) is 2.16. The maximum atomic E-state index is 11.5. The minimum Gasteiger partial charge on any atom is -0.381 e. The Hall–Kier alpha value is -0.660. The fourth-order valence-corrected chi connectivity index (χ4v) is 2.26. The molecule has 0 aromatic rings. The van der Waals surface area contributed by atoms with Crippen LogP contribution in [-0.2, 0) is 19.4 Å². The Labute approximate surface area is 95.4 Å². The van der Waals surface area contributed by atoms with Gasteiger partial charge in [0, 0.05) is 26.0 Å². The zero-order valence-corrected chi connectivity index (χ0v) is 10.2. The quantitative estimate of drug-likeness (QED) is 0.643. The Kier molecular flexibility index (Phi) is 4.28. The number of amides is 1. The first-order valence-electron chi connectivity index (χ1n) is 5.13. The number of nitrogens with one attached hydrogen (secondary N) is 1. The molecule has 0 bridgehead atoms. The second kappa shape index (κ2) is 5.11. The zero-order valence-electron chi connectivity index (χ0n) is 9.36. The van der Waals surface area contributed by atoms with Gasteiger partial charge in [-0.2, -0.15) is 0 Å². The van der Waals surface area contributed by atoms with Gasteiger partial charge in [-0.05, 0) is 12.8 Å². The number of carbonyl (C=O) groups is 1. The highest BCUT2D eigenvalue weighted by atomic mass is 32.2. The molecule has 0 saturated carbocycles. The molecule has 16 heavy (non-hydrogen) atoms. The smallest absolute Gasteiger partial charge is 0.235 e. The van der Waals surface area contributed by atoms with E-state index < -0.39 is 27.0 Å². The predicted octanol–water partition coefficient (Wildman–Crippen LogP) is -1.34. The molecule has 0 atom stereocenters. The summed E-state index contributed by atoms with van der Waals surface area (Å²) in [5, 5.41) is 2.72. The monoisotopic (exact) mass is 250 g/mol. The Balaban J connectivity index is 2.59. The Morgan fingerprint density at radius 1 is 1.44 bits per heavy atom. The number of nitrogens with two attached hydrogens (primary N) is 1. The van der Waals surface area contributed by atoms with Crippen molar-refractivity contribution >= 4 is 15.7 Å². The van der Waals surface area contributed by atoms with E-state index in [4.69, 9.17) is 10.5 Å². The number of ether oxygens (including phenoxy) is 1. The van der Waals surface area contributed by atoms with Crippen molar-refractivity contribution in [2.24, 2.45) is 5.73 Å². The van der Waals surface area contributed by atoms with Gasteiger partial charge < -0.3 is 15.8 Å². The minimum atomic E-state index is -3.29. The number of hydrogen-bond acceptors (Lipinski definition) is 5. The molecular weight excluding hydrogens is 232 g/mol. The van der Waals surface area contributed by atoms with Crippen LogP contribution in [0.4, 0.5) is 0 Å². The van der Waals surface area contributed by atoms with Crippen molar-refractivity contribution in [3.05, 3.63) is 0 Å². The summed E-state index contributed by atoms with van der Waals surface area (Å²) < 4.78 is 27.1. The second-order valence-electron chi connectivity index (χ2n) is 4.22. The van der Waals surface area contributed by atoms with Crippen LogP contribution in [0.25, 0.3) is 0 Å². The number of carbonyl (C=O) groups excluding carboxylic acids is 1. The summed E-state index contributed by atoms with van der Waals surface area (Å²) in [6, 6.07) is 0. The third kappa shape index (κ3) is 4.07. The summed E-state index contributed by atoms with van der Waals surface area (Å²) in [6.07, 6.45) is 2.28. The summed E-state index contributed by atoms with van der Waals surface area (Å²) in [4.78, 5) is 11.5. The van der Waals surface area contributed by atoms with E-state index in [0.717, 1.165) is 6.26 Å². The van der Waals surface area contributed by atoms with Crippen LogP contribution < -0.4 is 11.1 Å². The number of hydrogen-bond donors (Lipinski definition) is 2. The van der Waals surface area contributed by atoms with Gasteiger partial charge in [0.2, 0.25) is 5.91 Å². The number of sulfone groups is 1. The van der Waals surface area contributed by atoms with Crippen LogP contribution in [0.1, 0.15) is 12.8 Å². The summed E-state index contributed by atoms with van der Waals surface area (Å²) in [5.41, 5.74) is 5.13. The fraction of sp³-hybridized carbons (Fsp3) is 0.889. The van der Waals surface area contributed by atoms with Gasteiger partial charge in [-0.15, -0.1) is 0 Å². The van der Waals surface area contributed by atoms with Crippen LogP contribution in [0.2, 0.25) is 0 Å². The van der Waals surface area contributed by atoms with Crippen molar-refractivity contribution in [1.29, 1.82) is 0 Å². The van der Waals surface area contributed by atoms with Gasteiger partial charge in [-0.1, -0.05) is 0 Å². The summed E-state index contributed by atoms with van der Waals surface area (Å²) in [6.45, 7) is 1.37. The van der Waals surface area contributed by atoms with E-state index in [1.165, 1.54) is 0 Å². The first-order valence-corrected chi connectivity index (χ1v) is 7.19. The van der Waals surface area contributed by atoms with Gasteiger partial charge in [-0.25, -0.2) is 8.42 Å². The molecule has 0 spiro atoms. The van der Waals surface area contributed by atoms with Crippen molar-refractivity contribution in [3.8, 4) is 0 Å². The van der Waals surface area contributed by atoms with E-state index >= 15 is 0 Å². The van der Waals surface area contributed by atoms with E-state index in [0.29, 0.717) is 32.6 Å². The number of rotatable bonds is 4. The van der Waals surface area contributed by atoms with Crippen molar-refractivity contribution in [1.82, 2.24) is 5.32 Å². The second-order valence-corrected chi connectivity index (χ2v) is 6.36. The molecule has 6 nitrogen and oxygen atoms in total. The predicted molar refractivity (Wildman–Crippen MR) is 59.7 cm³/mol. The van der Waals surface area contributed by atoms with Crippen molar-refractivity contribution in [2.45, 2.75) is 18.4 Å². The highest BCUT2D eigenvalue weighted by molar-refractivity contribution is 7.91. The molecule has 7 heteroatoms. The summed E-state index contributed by atoms with van der Waals surface area (Å²) >= 11 is 0. The SMILES string of the molecule is CS(=O)(=O)CC(=O)NC1(CN)CCOCC1. The van der Waals surface area contributed by atoms with Crippen LogP contribution in [-0.4, -0.2) is 51.6 Å². The molecule has 0 aliphatic carbocycles. The van der Waals surface area contributed by atoms with Crippen molar-refractivity contribution in [2.75, 3.05) is 31.8 Å². The third-order valence-electron chi connectivity index (χ3n) is 2.64. The van der Waals surface area contributed by atoms with E-state index in [9.17, 15) is 13.2 Å². The third-order valence-corrected chi connectivity index (χ3v) is 3.43. The molecule has 0 unspecified atom stereocenters. The lowest BCUT2D eigenvalue weighted by Crippen LogP contribution is -2.57. The van der Waals surface area contributed by atoms with Crippen LogP contribution in [0.5, 0.6) is 0 Å². The van der Waals surface area contributed by atoms with Crippen molar-refractivity contribution in [3.63, 3.8) is 0 Å². The first kappa shape index (κ1) is 13.4.